The SMILES string of the molecule is CCOc1cc(CNn2cnnc2)c(Cl)cc1OCc1ccccc1. The first-order chi connectivity index (χ1) is 12.3. The molecule has 0 amide bonds. The maximum atomic E-state index is 6.41. The molecule has 25 heavy (non-hydrogen) atoms. The summed E-state index contributed by atoms with van der Waals surface area (Å²) in [7, 11) is 0. The standard InChI is InChI=1S/C18H19ClN4O2/c1-2-24-17-8-15(10-22-23-12-20-21-13-23)16(19)9-18(17)25-11-14-6-4-3-5-7-14/h3-9,12-13,22H,2,10-11H2,1H3. The number of ether oxygens (including phenoxy) is 2. The van der Waals surface area contributed by atoms with Crippen LogP contribution in [0.5, 0.6) is 11.5 Å². The van der Waals surface area contributed by atoms with E-state index in [-0.39, 0.29) is 0 Å². The van der Waals surface area contributed by atoms with Gasteiger partial charge in [-0.3, -0.25) is 0 Å². The molecule has 6 nitrogen and oxygen atoms in total. The van der Waals surface area contributed by atoms with E-state index in [1.54, 1.807) is 23.4 Å². The van der Waals surface area contributed by atoms with E-state index in [0.717, 1.165) is 11.1 Å². The third-order valence-electron chi connectivity index (χ3n) is 3.52. The Morgan fingerprint density at radius 1 is 1.04 bits per heavy atom. The number of hydrogen-bond donors (Lipinski definition) is 1. The van der Waals surface area contributed by atoms with Crippen molar-refractivity contribution in [3.63, 3.8) is 0 Å². The van der Waals surface area contributed by atoms with Crippen molar-refractivity contribution in [2.45, 2.75) is 20.1 Å². The number of benzene rings is 2. The Bertz CT molecular complexity index is 794. The Labute approximate surface area is 151 Å². The van der Waals surface area contributed by atoms with Crippen LogP contribution >= 0.6 is 11.6 Å². The number of nitrogens with zero attached hydrogens (tertiary/aromatic N) is 3. The van der Waals surface area contributed by atoms with Crippen molar-refractivity contribution >= 4 is 11.6 Å². The molecule has 3 rings (SSSR count). The molecule has 0 saturated heterocycles. The molecule has 2 aromatic carbocycles. The molecule has 0 fully saturated rings. The second-order valence-corrected chi connectivity index (χ2v) is 5.71. The van der Waals surface area contributed by atoms with E-state index in [2.05, 4.69) is 15.6 Å². The van der Waals surface area contributed by atoms with Crippen LogP contribution in [0.2, 0.25) is 5.02 Å². The number of rotatable bonds is 8. The highest BCUT2D eigenvalue weighted by atomic mass is 35.5. The van der Waals surface area contributed by atoms with Gasteiger partial charge in [0.1, 0.15) is 19.3 Å². The number of aromatic nitrogens is 3. The van der Waals surface area contributed by atoms with Crippen LogP contribution in [-0.4, -0.2) is 21.5 Å². The molecule has 130 valence electrons. The average molecular weight is 359 g/mol. The van der Waals surface area contributed by atoms with E-state index < -0.39 is 0 Å². The van der Waals surface area contributed by atoms with Crippen LogP contribution in [-0.2, 0) is 13.2 Å². The summed E-state index contributed by atoms with van der Waals surface area (Å²) in [6, 6.07) is 13.6. The molecule has 0 atom stereocenters. The summed E-state index contributed by atoms with van der Waals surface area (Å²) in [6.07, 6.45) is 3.16. The predicted molar refractivity (Wildman–Crippen MR) is 96.5 cm³/mol. The Hall–Kier alpha value is -2.73. The van der Waals surface area contributed by atoms with E-state index in [1.807, 2.05) is 43.3 Å². The van der Waals surface area contributed by atoms with E-state index in [9.17, 15) is 0 Å². The molecular formula is C18H19ClN4O2. The quantitative estimate of drug-likeness (QED) is 0.666. The van der Waals surface area contributed by atoms with Gasteiger partial charge in [-0.2, -0.15) is 0 Å². The fourth-order valence-corrected chi connectivity index (χ4v) is 2.51. The molecule has 7 heteroatoms. The molecule has 0 spiro atoms. The van der Waals surface area contributed by atoms with Gasteiger partial charge in [-0.1, -0.05) is 41.9 Å². The van der Waals surface area contributed by atoms with Crippen LogP contribution < -0.4 is 14.9 Å². The Kier molecular flexibility index (Phi) is 5.74. The Balaban J connectivity index is 1.74. The monoisotopic (exact) mass is 358 g/mol. The molecule has 0 radical (unpaired) electrons. The van der Waals surface area contributed by atoms with Gasteiger partial charge in [0, 0.05) is 11.1 Å². The zero-order chi connectivity index (χ0) is 17.5. The highest BCUT2D eigenvalue weighted by molar-refractivity contribution is 6.31. The summed E-state index contributed by atoms with van der Waals surface area (Å²) >= 11 is 6.41. The molecule has 0 unspecified atom stereocenters. The lowest BCUT2D eigenvalue weighted by atomic mass is 10.2. The Morgan fingerprint density at radius 3 is 2.48 bits per heavy atom. The molecule has 1 N–H and O–H groups in total. The van der Waals surface area contributed by atoms with Gasteiger partial charge in [0.2, 0.25) is 0 Å². The largest absolute Gasteiger partial charge is 0.490 e. The normalized spacial score (nSPS) is 10.5. The number of halogens is 1. The molecule has 0 aliphatic rings. The van der Waals surface area contributed by atoms with Crippen LogP contribution in [0.25, 0.3) is 0 Å². The topological polar surface area (TPSA) is 61.2 Å². The van der Waals surface area contributed by atoms with Crippen molar-refractivity contribution in [3.05, 3.63) is 71.3 Å². The van der Waals surface area contributed by atoms with Gasteiger partial charge in [-0.15, -0.1) is 10.2 Å². The van der Waals surface area contributed by atoms with Gasteiger partial charge in [-0.05, 0) is 24.1 Å². The number of nitrogens with one attached hydrogen (secondary N) is 1. The molecule has 1 heterocycles. The van der Waals surface area contributed by atoms with Crippen LogP contribution in [0.3, 0.4) is 0 Å². The second kappa shape index (κ2) is 8.39. The molecule has 1 aromatic heterocycles. The lowest BCUT2D eigenvalue weighted by Crippen LogP contribution is -2.12. The number of hydrogen-bond acceptors (Lipinski definition) is 5. The molecule has 0 aliphatic carbocycles. The van der Waals surface area contributed by atoms with Gasteiger partial charge in [0.05, 0.1) is 13.2 Å². The zero-order valence-electron chi connectivity index (χ0n) is 13.9. The van der Waals surface area contributed by atoms with Crippen molar-refractivity contribution in [2.24, 2.45) is 0 Å². The summed E-state index contributed by atoms with van der Waals surface area (Å²) in [5, 5.41) is 8.09. The van der Waals surface area contributed by atoms with Crippen LogP contribution in [0.15, 0.2) is 55.1 Å². The molecule has 3 aromatic rings. The van der Waals surface area contributed by atoms with E-state index in [1.165, 1.54) is 0 Å². The van der Waals surface area contributed by atoms with Crippen molar-refractivity contribution in [3.8, 4) is 11.5 Å². The summed E-state index contributed by atoms with van der Waals surface area (Å²) in [6.45, 7) is 3.44. The van der Waals surface area contributed by atoms with E-state index in [4.69, 9.17) is 21.1 Å². The van der Waals surface area contributed by atoms with Crippen molar-refractivity contribution < 1.29 is 9.47 Å². The molecular weight excluding hydrogens is 340 g/mol. The first kappa shape index (κ1) is 17.1. The summed E-state index contributed by atoms with van der Waals surface area (Å²) < 4.78 is 13.3. The van der Waals surface area contributed by atoms with E-state index >= 15 is 0 Å². The fourth-order valence-electron chi connectivity index (χ4n) is 2.29. The summed E-state index contributed by atoms with van der Waals surface area (Å²) in [5.74, 6) is 1.30. The smallest absolute Gasteiger partial charge is 0.163 e. The maximum Gasteiger partial charge on any atom is 0.163 e. The van der Waals surface area contributed by atoms with Crippen molar-refractivity contribution in [1.29, 1.82) is 0 Å². The van der Waals surface area contributed by atoms with Gasteiger partial charge >= 0.3 is 0 Å². The van der Waals surface area contributed by atoms with Crippen LogP contribution in [0.4, 0.5) is 0 Å². The summed E-state index contributed by atoms with van der Waals surface area (Å²) in [4.78, 5) is 0. The van der Waals surface area contributed by atoms with Crippen LogP contribution in [0, 0.1) is 0 Å². The fraction of sp³-hybridized carbons (Fsp3) is 0.222. The first-order valence-electron chi connectivity index (χ1n) is 7.96. The third-order valence-corrected chi connectivity index (χ3v) is 3.87. The van der Waals surface area contributed by atoms with Crippen molar-refractivity contribution in [2.75, 3.05) is 12.0 Å². The second-order valence-electron chi connectivity index (χ2n) is 5.30. The minimum atomic E-state index is 0.454. The zero-order valence-corrected chi connectivity index (χ0v) is 14.6. The molecule has 0 aliphatic heterocycles. The minimum absolute atomic E-state index is 0.454. The first-order valence-corrected chi connectivity index (χ1v) is 8.34. The maximum absolute atomic E-state index is 6.41. The van der Waals surface area contributed by atoms with Gasteiger partial charge < -0.3 is 14.9 Å². The highest BCUT2D eigenvalue weighted by Crippen LogP contribution is 2.34. The molecule has 0 saturated carbocycles. The van der Waals surface area contributed by atoms with E-state index in [0.29, 0.717) is 36.3 Å². The average Bonchev–Trinajstić information content (AvgIpc) is 3.15. The summed E-state index contributed by atoms with van der Waals surface area (Å²) in [5.41, 5.74) is 5.12. The van der Waals surface area contributed by atoms with Gasteiger partial charge in [-0.25, -0.2) is 4.68 Å². The lowest BCUT2D eigenvalue weighted by molar-refractivity contribution is 0.269. The van der Waals surface area contributed by atoms with Gasteiger partial charge in [0.15, 0.2) is 11.5 Å². The third kappa shape index (κ3) is 4.64. The highest BCUT2D eigenvalue weighted by Gasteiger charge is 2.11. The minimum Gasteiger partial charge on any atom is -0.490 e. The molecule has 0 bridgehead atoms. The Morgan fingerprint density at radius 2 is 1.76 bits per heavy atom. The predicted octanol–water partition coefficient (Wildman–Crippen LogP) is 3.65. The lowest BCUT2D eigenvalue weighted by Gasteiger charge is -2.15. The van der Waals surface area contributed by atoms with Crippen molar-refractivity contribution in [1.82, 2.24) is 14.9 Å². The van der Waals surface area contributed by atoms with Gasteiger partial charge in [0.25, 0.3) is 0 Å². The van der Waals surface area contributed by atoms with Crippen LogP contribution in [0.1, 0.15) is 18.1 Å².